The summed E-state index contributed by atoms with van der Waals surface area (Å²) in [7, 11) is 0. The zero-order chi connectivity index (χ0) is 20.5. The van der Waals surface area contributed by atoms with Gasteiger partial charge in [-0.1, -0.05) is 15.9 Å². The van der Waals surface area contributed by atoms with Crippen LogP contribution in [0.4, 0.5) is 5.69 Å². The Balaban J connectivity index is 2.20. The lowest BCUT2D eigenvalue weighted by atomic mass is 10.1. The van der Waals surface area contributed by atoms with Crippen LogP contribution >= 0.6 is 28.1 Å². The summed E-state index contributed by atoms with van der Waals surface area (Å²) in [5.41, 5.74) is 1.13. The van der Waals surface area contributed by atoms with Gasteiger partial charge in [0.25, 0.3) is 5.91 Å². The Kier molecular flexibility index (Phi) is 8.53. The van der Waals surface area contributed by atoms with E-state index in [9.17, 15) is 4.79 Å². The molecular formula is C20H23BrN2O4S. The number of hydrogen-bond acceptors (Lipinski definition) is 5. The van der Waals surface area contributed by atoms with Crippen LogP contribution in [0.25, 0.3) is 0 Å². The number of rotatable bonds is 8. The zero-order valence-corrected chi connectivity index (χ0v) is 18.4. The van der Waals surface area contributed by atoms with Crippen LogP contribution in [0.1, 0.15) is 31.1 Å². The third kappa shape index (κ3) is 6.10. The highest BCUT2D eigenvalue weighted by atomic mass is 79.9. The summed E-state index contributed by atoms with van der Waals surface area (Å²) in [5.74, 6) is 1.01. The molecule has 0 unspecified atom stereocenters. The van der Waals surface area contributed by atoms with Gasteiger partial charge in [0.05, 0.1) is 19.8 Å². The van der Waals surface area contributed by atoms with E-state index < -0.39 is 0 Å². The molecule has 0 radical (unpaired) electrons. The van der Waals surface area contributed by atoms with E-state index >= 15 is 0 Å². The van der Waals surface area contributed by atoms with Gasteiger partial charge in [-0.15, -0.1) is 0 Å². The van der Waals surface area contributed by atoms with Crippen LogP contribution in [0.2, 0.25) is 0 Å². The first-order valence-electron chi connectivity index (χ1n) is 8.92. The van der Waals surface area contributed by atoms with Gasteiger partial charge in [0.1, 0.15) is 0 Å². The van der Waals surface area contributed by atoms with Crippen molar-refractivity contribution in [3.8, 4) is 17.2 Å². The second kappa shape index (κ2) is 10.9. The van der Waals surface area contributed by atoms with Crippen molar-refractivity contribution >= 4 is 44.9 Å². The highest BCUT2D eigenvalue weighted by molar-refractivity contribution is 9.10. The van der Waals surface area contributed by atoms with E-state index in [-0.39, 0.29) is 11.0 Å². The van der Waals surface area contributed by atoms with Crippen LogP contribution < -0.4 is 24.8 Å². The summed E-state index contributed by atoms with van der Waals surface area (Å²) in [4.78, 5) is 12.7. The molecule has 0 aliphatic rings. The summed E-state index contributed by atoms with van der Waals surface area (Å²) in [5, 5.41) is 5.83. The zero-order valence-electron chi connectivity index (χ0n) is 16.0. The van der Waals surface area contributed by atoms with E-state index in [0.717, 1.165) is 10.2 Å². The van der Waals surface area contributed by atoms with Crippen molar-refractivity contribution in [1.82, 2.24) is 5.32 Å². The van der Waals surface area contributed by atoms with Gasteiger partial charge < -0.3 is 19.5 Å². The van der Waals surface area contributed by atoms with Crippen LogP contribution in [-0.2, 0) is 0 Å². The van der Waals surface area contributed by atoms with Gasteiger partial charge in [-0.25, -0.2) is 0 Å². The van der Waals surface area contributed by atoms with Crippen molar-refractivity contribution in [2.75, 3.05) is 25.1 Å². The lowest BCUT2D eigenvalue weighted by Crippen LogP contribution is -2.34. The van der Waals surface area contributed by atoms with E-state index in [1.54, 1.807) is 12.1 Å². The minimum absolute atomic E-state index is 0.192. The molecule has 1 amide bonds. The first-order chi connectivity index (χ1) is 13.5. The van der Waals surface area contributed by atoms with Crippen molar-refractivity contribution in [2.45, 2.75) is 20.8 Å². The first kappa shape index (κ1) is 22.0. The molecule has 0 aliphatic carbocycles. The molecular weight excluding hydrogens is 444 g/mol. The second-order valence-corrected chi connectivity index (χ2v) is 6.84. The monoisotopic (exact) mass is 466 g/mol. The lowest BCUT2D eigenvalue weighted by Gasteiger charge is -2.17. The molecule has 28 heavy (non-hydrogen) atoms. The summed E-state index contributed by atoms with van der Waals surface area (Å²) in [6.45, 7) is 6.91. The van der Waals surface area contributed by atoms with Gasteiger partial charge in [-0.2, -0.15) is 0 Å². The normalized spacial score (nSPS) is 10.1. The number of thiocarbonyl (C=S) groups is 1. The topological polar surface area (TPSA) is 68.8 Å². The molecule has 6 nitrogen and oxygen atoms in total. The number of ether oxygens (including phenoxy) is 3. The quantitative estimate of drug-likeness (QED) is 0.545. The van der Waals surface area contributed by atoms with Crippen LogP contribution in [0.5, 0.6) is 17.2 Å². The van der Waals surface area contributed by atoms with Gasteiger partial charge in [0.2, 0.25) is 5.75 Å². The number of halogens is 1. The molecule has 0 heterocycles. The van der Waals surface area contributed by atoms with E-state index in [0.29, 0.717) is 42.6 Å². The molecule has 0 bridgehead atoms. The van der Waals surface area contributed by atoms with E-state index in [4.69, 9.17) is 26.4 Å². The average Bonchev–Trinajstić information content (AvgIpc) is 2.66. The van der Waals surface area contributed by atoms with E-state index in [1.807, 2.05) is 45.0 Å². The Hall–Kier alpha value is -2.32. The summed E-state index contributed by atoms with van der Waals surface area (Å²) >= 11 is 8.61. The minimum atomic E-state index is -0.375. The average molecular weight is 467 g/mol. The fourth-order valence-electron chi connectivity index (χ4n) is 2.39. The number of anilines is 1. The van der Waals surface area contributed by atoms with Crippen molar-refractivity contribution in [1.29, 1.82) is 0 Å². The molecule has 8 heteroatoms. The van der Waals surface area contributed by atoms with Gasteiger partial charge in [0, 0.05) is 15.7 Å². The van der Waals surface area contributed by atoms with Crippen LogP contribution in [0, 0.1) is 0 Å². The maximum Gasteiger partial charge on any atom is 0.257 e. The van der Waals surface area contributed by atoms with Crippen LogP contribution in [0.3, 0.4) is 0 Å². The molecule has 0 saturated heterocycles. The molecule has 150 valence electrons. The number of carbonyl (C=O) groups is 1. The Morgan fingerprint density at radius 1 is 0.964 bits per heavy atom. The second-order valence-electron chi connectivity index (χ2n) is 5.52. The predicted octanol–water partition coefficient (Wildman–Crippen LogP) is 4.77. The Morgan fingerprint density at radius 2 is 1.50 bits per heavy atom. The predicted molar refractivity (Wildman–Crippen MR) is 118 cm³/mol. The lowest BCUT2D eigenvalue weighted by molar-refractivity contribution is 0.0976. The summed E-state index contributed by atoms with van der Waals surface area (Å²) in [6.07, 6.45) is 0. The molecule has 0 fully saturated rings. The minimum Gasteiger partial charge on any atom is -0.490 e. The Bertz CT molecular complexity index is 800. The van der Waals surface area contributed by atoms with Crippen LogP contribution in [0.15, 0.2) is 40.9 Å². The number of amides is 1. The number of carbonyl (C=O) groups excluding carboxylic acids is 1. The molecule has 0 aliphatic heterocycles. The number of benzene rings is 2. The Labute approximate surface area is 178 Å². The molecule has 0 atom stereocenters. The Morgan fingerprint density at radius 3 is 2.00 bits per heavy atom. The molecule has 2 N–H and O–H groups in total. The number of hydrogen-bond donors (Lipinski definition) is 2. The molecule has 2 aromatic carbocycles. The smallest absolute Gasteiger partial charge is 0.257 e. The van der Waals surface area contributed by atoms with Crippen molar-refractivity contribution in [2.24, 2.45) is 0 Å². The fourth-order valence-corrected chi connectivity index (χ4v) is 2.87. The van der Waals surface area contributed by atoms with E-state index in [2.05, 4.69) is 26.6 Å². The fraction of sp³-hybridized carbons (Fsp3) is 0.300. The highest BCUT2D eigenvalue weighted by Gasteiger charge is 2.19. The van der Waals surface area contributed by atoms with Crippen molar-refractivity contribution in [3.63, 3.8) is 0 Å². The van der Waals surface area contributed by atoms with Gasteiger partial charge in [0.15, 0.2) is 16.6 Å². The number of nitrogens with one attached hydrogen (secondary N) is 2. The van der Waals surface area contributed by atoms with E-state index in [1.165, 1.54) is 0 Å². The maximum absolute atomic E-state index is 12.7. The molecule has 2 aromatic rings. The summed E-state index contributed by atoms with van der Waals surface area (Å²) < 4.78 is 17.9. The molecule has 0 aromatic heterocycles. The standard InChI is InChI=1S/C20H23BrN2O4S/c1-4-25-16-11-13(12-17(26-5-2)18(16)27-6-3)19(24)23-20(28)22-15-9-7-14(21)8-10-15/h7-12H,4-6H2,1-3H3,(H2,22,23,24,28). The SMILES string of the molecule is CCOc1cc(C(=O)NC(=S)Nc2ccc(Br)cc2)cc(OCC)c1OCC. The third-order valence-corrected chi connectivity index (χ3v) is 4.23. The largest absolute Gasteiger partial charge is 0.490 e. The molecule has 0 spiro atoms. The summed E-state index contributed by atoms with van der Waals surface area (Å²) in [6, 6.07) is 10.7. The van der Waals surface area contributed by atoms with Gasteiger partial charge in [-0.05, 0) is 69.4 Å². The van der Waals surface area contributed by atoms with Crippen molar-refractivity contribution in [3.05, 3.63) is 46.4 Å². The van der Waals surface area contributed by atoms with Crippen LogP contribution in [-0.4, -0.2) is 30.8 Å². The molecule has 0 saturated carbocycles. The maximum atomic E-state index is 12.7. The third-order valence-electron chi connectivity index (χ3n) is 3.50. The van der Waals surface area contributed by atoms with Gasteiger partial charge in [-0.3, -0.25) is 10.1 Å². The van der Waals surface area contributed by atoms with Crippen molar-refractivity contribution < 1.29 is 19.0 Å². The van der Waals surface area contributed by atoms with Gasteiger partial charge >= 0.3 is 0 Å². The first-order valence-corrected chi connectivity index (χ1v) is 10.1. The molecule has 2 rings (SSSR count). The highest BCUT2D eigenvalue weighted by Crippen LogP contribution is 2.39.